The summed E-state index contributed by atoms with van der Waals surface area (Å²) in [7, 11) is 0. The zero-order valence-corrected chi connectivity index (χ0v) is 15.6. The Hall–Kier alpha value is -2.33. The number of carbonyl (C=O) groups excluding carboxylic acids is 1. The molecule has 0 bridgehead atoms. The van der Waals surface area contributed by atoms with Crippen LogP contribution in [0, 0.1) is 6.92 Å². The van der Waals surface area contributed by atoms with E-state index < -0.39 is 0 Å². The molecular weight excluding hydrogens is 324 g/mol. The van der Waals surface area contributed by atoms with Crippen molar-refractivity contribution in [2.45, 2.75) is 19.8 Å². The molecule has 0 aromatic heterocycles. The highest BCUT2D eigenvalue weighted by atomic mass is 16.5. The number of aryl methyl sites for hydroxylation is 2. The van der Waals surface area contributed by atoms with E-state index in [1.54, 1.807) is 0 Å². The molecule has 1 aliphatic rings. The Kier molecular flexibility index (Phi) is 6.67. The highest BCUT2D eigenvalue weighted by Crippen LogP contribution is 2.13. The van der Waals surface area contributed by atoms with E-state index in [2.05, 4.69) is 35.2 Å². The van der Waals surface area contributed by atoms with E-state index in [0.717, 1.165) is 56.9 Å². The molecule has 0 atom stereocenters. The van der Waals surface area contributed by atoms with Crippen LogP contribution in [-0.4, -0.2) is 55.0 Å². The van der Waals surface area contributed by atoms with Gasteiger partial charge >= 0.3 is 0 Å². The maximum atomic E-state index is 12.3. The molecular formula is C22H28N2O2. The maximum absolute atomic E-state index is 12.3. The first kappa shape index (κ1) is 18.5. The third-order valence-electron chi connectivity index (χ3n) is 4.86. The summed E-state index contributed by atoms with van der Waals surface area (Å²) in [5, 5.41) is 0. The van der Waals surface area contributed by atoms with Gasteiger partial charge in [0.15, 0.2) is 6.61 Å². The quantitative estimate of drug-likeness (QED) is 0.767. The first-order chi connectivity index (χ1) is 12.7. The summed E-state index contributed by atoms with van der Waals surface area (Å²) < 4.78 is 5.64. The number of ether oxygens (including phenoxy) is 1. The van der Waals surface area contributed by atoms with Gasteiger partial charge < -0.3 is 9.64 Å². The number of nitrogens with zero attached hydrogens (tertiary/aromatic N) is 2. The average molecular weight is 352 g/mol. The predicted molar refractivity (Wildman–Crippen MR) is 104 cm³/mol. The van der Waals surface area contributed by atoms with Crippen molar-refractivity contribution in [1.82, 2.24) is 9.80 Å². The topological polar surface area (TPSA) is 32.8 Å². The van der Waals surface area contributed by atoms with Gasteiger partial charge in [0.2, 0.25) is 0 Å². The molecule has 4 nitrogen and oxygen atoms in total. The average Bonchev–Trinajstić information content (AvgIpc) is 2.68. The van der Waals surface area contributed by atoms with Gasteiger partial charge in [-0.05, 0) is 49.6 Å². The van der Waals surface area contributed by atoms with Crippen molar-refractivity contribution in [2.75, 3.05) is 39.3 Å². The van der Waals surface area contributed by atoms with E-state index in [1.165, 1.54) is 5.56 Å². The van der Waals surface area contributed by atoms with Gasteiger partial charge in [-0.3, -0.25) is 9.69 Å². The minimum Gasteiger partial charge on any atom is -0.484 e. The van der Waals surface area contributed by atoms with Gasteiger partial charge in [0.1, 0.15) is 5.75 Å². The summed E-state index contributed by atoms with van der Waals surface area (Å²) in [5.41, 5.74) is 2.54. The highest BCUT2D eigenvalue weighted by Gasteiger charge is 2.21. The van der Waals surface area contributed by atoms with Crippen LogP contribution >= 0.6 is 0 Å². The number of hydrogen-bond donors (Lipinski definition) is 0. The molecule has 0 N–H and O–H groups in total. The second-order valence-electron chi connectivity index (χ2n) is 6.92. The van der Waals surface area contributed by atoms with Gasteiger partial charge in [0.05, 0.1) is 0 Å². The second kappa shape index (κ2) is 9.39. The first-order valence-corrected chi connectivity index (χ1v) is 9.44. The van der Waals surface area contributed by atoms with Crippen LogP contribution in [0.1, 0.15) is 17.5 Å². The molecule has 3 rings (SSSR count). The van der Waals surface area contributed by atoms with Crippen molar-refractivity contribution in [3.8, 4) is 5.75 Å². The molecule has 2 aromatic rings. The Labute approximate surface area is 156 Å². The molecule has 0 aliphatic carbocycles. The highest BCUT2D eigenvalue weighted by molar-refractivity contribution is 5.77. The number of carbonyl (C=O) groups is 1. The molecule has 4 heteroatoms. The summed E-state index contributed by atoms with van der Waals surface area (Å²) in [6.45, 7) is 6.72. The summed E-state index contributed by atoms with van der Waals surface area (Å²) in [4.78, 5) is 16.7. The summed E-state index contributed by atoms with van der Waals surface area (Å²) >= 11 is 0. The summed E-state index contributed by atoms with van der Waals surface area (Å²) in [5.74, 6) is 0.841. The van der Waals surface area contributed by atoms with E-state index in [9.17, 15) is 4.79 Å². The third kappa shape index (κ3) is 5.60. The van der Waals surface area contributed by atoms with E-state index in [-0.39, 0.29) is 12.5 Å². The largest absolute Gasteiger partial charge is 0.484 e. The van der Waals surface area contributed by atoms with Crippen LogP contribution in [0.15, 0.2) is 54.6 Å². The van der Waals surface area contributed by atoms with Crippen LogP contribution in [0.2, 0.25) is 0 Å². The number of hydrogen-bond acceptors (Lipinski definition) is 3. The Morgan fingerprint density at radius 2 is 1.77 bits per heavy atom. The van der Waals surface area contributed by atoms with Crippen LogP contribution in [0.5, 0.6) is 5.75 Å². The van der Waals surface area contributed by atoms with Crippen molar-refractivity contribution in [1.29, 1.82) is 0 Å². The molecule has 0 unspecified atom stereocenters. The smallest absolute Gasteiger partial charge is 0.260 e. The molecule has 1 aliphatic heterocycles. The van der Waals surface area contributed by atoms with Gasteiger partial charge in [-0.1, -0.05) is 42.5 Å². The van der Waals surface area contributed by atoms with Gasteiger partial charge in [-0.25, -0.2) is 0 Å². The number of amides is 1. The van der Waals surface area contributed by atoms with Crippen molar-refractivity contribution in [3.63, 3.8) is 0 Å². The van der Waals surface area contributed by atoms with Gasteiger partial charge in [0.25, 0.3) is 5.91 Å². The van der Waals surface area contributed by atoms with Gasteiger partial charge in [0, 0.05) is 26.2 Å². The molecule has 0 spiro atoms. The monoisotopic (exact) mass is 352 g/mol. The third-order valence-corrected chi connectivity index (χ3v) is 4.86. The molecule has 1 saturated heterocycles. The molecule has 26 heavy (non-hydrogen) atoms. The van der Waals surface area contributed by atoms with Crippen LogP contribution in [0.3, 0.4) is 0 Å². The van der Waals surface area contributed by atoms with E-state index in [4.69, 9.17) is 4.74 Å². The van der Waals surface area contributed by atoms with Crippen LogP contribution in [0.4, 0.5) is 0 Å². The Morgan fingerprint density at radius 3 is 2.50 bits per heavy atom. The second-order valence-corrected chi connectivity index (χ2v) is 6.92. The number of piperazine rings is 1. The summed E-state index contributed by atoms with van der Waals surface area (Å²) in [6.07, 6.45) is 2.28. The predicted octanol–water partition coefficient (Wildman–Crippen LogP) is 3.15. The minimum atomic E-state index is 0.0791. The van der Waals surface area contributed by atoms with Crippen molar-refractivity contribution in [3.05, 3.63) is 65.7 Å². The van der Waals surface area contributed by atoms with Crippen molar-refractivity contribution < 1.29 is 9.53 Å². The standard InChI is InChI=1S/C22H28N2O2/c1-19-7-5-11-21(17-19)26-18-22(25)24-15-13-23(14-16-24)12-6-10-20-8-3-2-4-9-20/h2-5,7-9,11,17H,6,10,12-16,18H2,1H3. The molecule has 0 radical (unpaired) electrons. The van der Waals surface area contributed by atoms with Crippen LogP contribution < -0.4 is 4.74 Å². The fourth-order valence-corrected chi connectivity index (χ4v) is 3.31. The molecule has 138 valence electrons. The molecule has 1 heterocycles. The zero-order valence-electron chi connectivity index (χ0n) is 15.6. The lowest BCUT2D eigenvalue weighted by atomic mass is 10.1. The van der Waals surface area contributed by atoms with Crippen LogP contribution in [0.25, 0.3) is 0 Å². The maximum Gasteiger partial charge on any atom is 0.260 e. The van der Waals surface area contributed by atoms with Gasteiger partial charge in [-0.2, -0.15) is 0 Å². The fourth-order valence-electron chi connectivity index (χ4n) is 3.31. The van der Waals surface area contributed by atoms with Gasteiger partial charge in [-0.15, -0.1) is 0 Å². The zero-order chi connectivity index (χ0) is 18.2. The van der Waals surface area contributed by atoms with Crippen molar-refractivity contribution in [2.24, 2.45) is 0 Å². The molecule has 2 aromatic carbocycles. The minimum absolute atomic E-state index is 0.0791. The van der Waals surface area contributed by atoms with E-state index >= 15 is 0 Å². The van der Waals surface area contributed by atoms with E-state index in [1.807, 2.05) is 36.1 Å². The summed E-state index contributed by atoms with van der Waals surface area (Å²) in [6, 6.07) is 18.4. The lowest BCUT2D eigenvalue weighted by molar-refractivity contribution is -0.135. The Bertz CT molecular complexity index is 694. The van der Waals surface area contributed by atoms with E-state index in [0.29, 0.717) is 0 Å². The number of benzene rings is 2. The fraction of sp³-hybridized carbons (Fsp3) is 0.409. The lowest BCUT2D eigenvalue weighted by Crippen LogP contribution is -2.50. The Morgan fingerprint density at radius 1 is 1.00 bits per heavy atom. The molecule has 0 saturated carbocycles. The lowest BCUT2D eigenvalue weighted by Gasteiger charge is -2.34. The SMILES string of the molecule is Cc1cccc(OCC(=O)N2CCN(CCCc3ccccc3)CC2)c1. The normalized spacial score (nSPS) is 15.0. The van der Waals surface area contributed by atoms with Crippen LogP contribution in [-0.2, 0) is 11.2 Å². The number of rotatable bonds is 7. The van der Waals surface area contributed by atoms with Crippen molar-refractivity contribution >= 4 is 5.91 Å². The Balaban J connectivity index is 1.34. The molecule has 1 fully saturated rings. The first-order valence-electron chi connectivity index (χ1n) is 9.44. The molecule has 1 amide bonds.